The Bertz CT molecular complexity index is 421. The first-order valence-corrected chi connectivity index (χ1v) is 8.43. The average Bonchev–Trinajstić information content (AvgIpc) is 2.98. The molecule has 5 heteroatoms. The van der Waals surface area contributed by atoms with Crippen LogP contribution in [-0.4, -0.2) is 37.3 Å². The lowest BCUT2D eigenvalue weighted by atomic mass is 10.2. The predicted molar refractivity (Wildman–Crippen MR) is 85.7 cm³/mol. The molecule has 1 fully saturated rings. The Morgan fingerprint density at radius 3 is 2.95 bits per heavy atom. The molecule has 0 aliphatic carbocycles. The zero-order valence-corrected chi connectivity index (χ0v) is 13.9. The topological polar surface area (TPSA) is 37.4 Å². The fourth-order valence-electron chi connectivity index (χ4n) is 2.88. The highest BCUT2D eigenvalue weighted by atomic mass is 32.1. The third kappa shape index (κ3) is 3.51. The Balaban J connectivity index is 2.02. The van der Waals surface area contributed by atoms with E-state index in [0.29, 0.717) is 12.1 Å². The number of methoxy groups -OCH3 is 1. The number of nitrogens with one attached hydrogen (secondary N) is 1. The molecule has 0 saturated carbocycles. The maximum atomic E-state index is 5.06. The predicted octanol–water partition coefficient (Wildman–Crippen LogP) is 2.95. The molecule has 1 N–H and O–H groups in total. The van der Waals surface area contributed by atoms with E-state index in [2.05, 4.69) is 31.0 Å². The molecule has 0 amide bonds. The van der Waals surface area contributed by atoms with Gasteiger partial charge in [0.05, 0.1) is 12.3 Å². The monoisotopic (exact) mass is 297 g/mol. The summed E-state index contributed by atoms with van der Waals surface area (Å²) in [5.74, 6) is 0. The first kappa shape index (κ1) is 15.7. The minimum atomic E-state index is 0.625. The van der Waals surface area contributed by atoms with Crippen LogP contribution in [0.25, 0.3) is 0 Å². The van der Waals surface area contributed by atoms with Gasteiger partial charge in [0.1, 0.15) is 0 Å². The fraction of sp³-hybridized carbons (Fsp3) is 0.800. The molecule has 114 valence electrons. The minimum absolute atomic E-state index is 0.625. The maximum absolute atomic E-state index is 5.06. The zero-order valence-electron chi connectivity index (χ0n) is 13.1. The van der Waals surface area contributed by atoms with Crippen molar-refractivity contribution >= 4 is 16.5 Å². The average molecular weight is 297 g/mol. The lowest BCUT2D eigenvalue weighted by molar-refractivity contribution is 0.199. The van der Waals surface area contributed by atoms with Crippen molar-refractivity contribution in [1.29, 1.82) is 0 Å². The number of ether oxygens (including phenoxy) is 1. The number of aromatic nitrogens is 1. The smallest absolute Gasteiger partial charge is 0.186 e. The molecular weight excluding hydrogens is 270 g/mol. The van der Waals surface area contributed by atoms with Crippen molar-refractivity contribution in [3.8, 4) is 0 Å². The van der Waals surface area contributed by atoms with Crippen molar-refractivity contribution in [2.75, 3.05) is 25.2 Å². The molecule has 2 heterocycles. The first-order valence-electron chi connectivity index (χ1n) is 7.61. The standard InChI is InChI=1S/C15H27N3OS/c1-5-13-7-6-11(2)18(13)15-17-12(3)14(20-15)10-16-8-9-19-4/h11,13,16H,5-10H2,1-4H3. The molecule has 1 aliphatic heterocycles. The van der Waals surface area contributed by atoms with E-state index in [0.717, 1.165) is 19.7 Å². The second-order valence-electron chi connectivity index (χ2n) is 5.57. The van der Waals surface area contributed by atoms with Crippen molar-refractivity contribution in [3.05, 3.63) is 10.6 Å². The third-order valence-electron chi connectivity index (χ3n) is 4.13. The number of hydrogen-bond donors (Lipinski definition) is 1. The maximum Gasteiger partial charge on any atom is 0.186 e. The minimum Gasteiger partial charge on any atom is -0.383 e. The summed E-state index contributed by atoms with van der Waals surface area (Å²) in [7, 11) is 1.73. The van der Waals surface area contributed by atoms with Gasteiger partial charge >= 0.3 is 0 Å². The Morgan fingerprint density at radius 2 is 2.25 bits per heavy atom. The van der Waals surface area contributed by atoms with Gasteiger partial charge in [-0.05, 0) is 33.1 Å². The molecule has 2 rings (SSSR count). The van der Waals surface area contributed by atoms with Crippen LogP contribution in [0.4, 0.5) is 5.13 Å². The molecule has 4 nitrogen and oxygen atoms in total. The van der Waals surface area contributed by atoms with E-state index < -0.39 is 0 Å². The van der Waals surface area contributed by atoms with Crippen LogP contribution in [0.1, 0.15) is 43.7 Å². The molecule has 0 aromatic carbocycles. The van der Waals surface area contributed by atoms with Crippen molar-refractivity contribution < 1.29 is 4.74 Å². The van der Waals surface area contributed by atoms with Crippen LogP contribution in [0.3, 0.4) is 0 Å². The summed E-state index contributed by atoms with van der Waals surface area (Å²) in [6.07, 6.45) is 3.81. The van der Waals surface area contributed by atoms with Gasteiger partial charge in [-0.25, -0.2) is 4.98 Å². The molecule has 20 heavy (non-hydrogen) atoms. The lowest BCUT2D eigenvalue weighted by Gasteiger charge is -2.27. The highest BCUT2D eigenvalue weighted by molar-refractivity contribution is 7.15. The lowest BCUT2D eigenvalue weighted by Crippen LogP contribution is -2.33. The SMILES string of the molecule is CCC1CCC(C)N1c1nc(C)c(CNCCOC)s1. The molecule has 0 radical (unpaired) electrons. The number of anilines is 1. The van der Waals surface area contributed by atoms with Gasteiger partial charge in [-0.3, -0.25) is 0 Å². The molecule has 2 unspecified atom stereocenters. The number of nitrogens with zero attached hydrogens (tertiary/aromatic N) is 2. The summed E-state index contributed by atoms with van der Waals surface area (Å²) in [4.78, 5) is 8.70. The molecule has 2 atom stereocenters. The summed E-state index contributed by atoms with van der Waals surface area (Å²) in [6, 6.07) is 1.30. The molecule has 1 saturated heterocycles. The van der Waals surface area contributed by atoms with Crippen LogP contribution in [0, 0.1) is 6.92 Å². The summed E-state index contributed by atoms with van der Waals surface area (Å²) in [6.45, 7) is 9.26. The number of rotatable bonds is 7. The molecule has 1 aromatic heterocycles. The first-order chi connectivity index (χ1) is 9.67. The zero-order chi connectivity index (χ0) is 14.5. The fourth-order valence-corrected chi connectivity index (χ4v) is 4.09. The second-order valence-corrected chi connectivity index (χ2v) is 6.63. The van der Waals surface area contributed by atoms with Crippen LogP contribution < -0.4 is 10.2 Å². The summed E-state index contributed by atoms with van der Waals surface area (Å²) < 4.78 is 5.06. The number of hydrogen-bond acceptors (Lipinski definition) is 5. The molecular formula is C15H27N3OS. The van der Waals surface area contributed by atoms with Crippen molar-refractivity contribution in [2.45, 2.75) is 58.7 Å². The van der Waals surface area contributed by atoms with E-state index in [4.69, 9.17) is 9.72 Å². The Kier molecular flexibility index (Phi) is 5.81. The quantitative estimate of drug-likeness (QED) is 0.785. The van der Waals surface area contributed by atoms with E-state index in [-0.39, 0.29) is 0 Å². The van der Waals surface area contributed by atoms with Crippen LogP contribution in [-0.2, 0) is 11.3 Å². The highest BCUT2D eigenvalue weighted by Gasteiger charge is 2.31. The largest absolute Gasteiger partial charge is 0.383 e. The Labute approximate surface area is 126 Å². The molecule has 0 spiro atoms. The van der Waals surface area contributed by atoms with Gasteiger partial charge < -0.3 is 15.0 Å². The van der Waals surface area contributed by atoms with Gasteiger partial charge in [-0.1, -0.05) is 6.92 Å². The molecule has 1 aliphatic rings. The van der Waals surface area contributed by atoms with Gasteiger partial charge in [0.2, 0.25) is 0 Å². The van der Waals surface area contributed by atoms with Crippen LogP contribution in [0.15, 0.2) is 0 Å². The molecule has 1 aromatic rings. The van der Waals surface area contributed by atoms with Crippen molar-refractivity contribution in [3.63, 3.8) is 0 Å². The van der Waals surface area contributed by atoms with Crippen LogP contribution in [0.5, 0.6) is 0 Å². The van der Waals surface area contributed by atoms with E-state index in [1.54, 1.807) is 7.11 Å². The van der Waals surface area contributed by atoms with Gasteiger partial charge in [0.25, 0.3) is 0 Å². The number of aryl methyl sites for hydroxylation is 1. The van der Waals surface area contributed by atoms with Gasteiger partial charge in [0.15, 0.2) is 5.13 Å². The summed E-state index contributed by atoms with van der Waals surface area (Å²) in [5.41, 5.74) is 1.17. The Hall–Kier alpha value is -0.650. The highest BCUT2D eigenvalue weighted by Crippen LogP contribution is 2.35. The summed E-state index contributed by atoms with van der Waals surface area (Å²) >= 11 is 1.85. The van der Waals surface area contributed by atoms with E-state index in [1.165, 1.54) is 35.0 Å². The van der Waals surface area contributed by atoms with Crippen LogP contribution >= 0.6 is 11.3 Å². The van der Waals surface area contributed by atoms with E-state index in [9.17, 15) is 0 Å². The third-order valence-corrected chi connectivity index (χ3v) is 5.30. The van der Waals surface area contributed by atoms with Gasteiger partial charge in [-0.15, -0.1) is 11.3 Å². The van der Waals surface area contributed by atoms with Crippen molar-refractivity contribution in [1.82, 2.24) is 10.3 Å². The van der Waals surface area contributed by atoms with Crippen LogP contribution in [0.2, 0.25) is 0 Å². The van der Waals surface area contributed by atoms with E-state index >= 15 is 0 Å². The van der Waals surface area contributed by atoms with E-state index in [1.807, 2.05) is 11.3 Å². The molecule has 0 bridgehead atoms. The van der Waals surface area contributed by atoms with Gasteiger partial charge in [-0.2, -0.15) is 0 Å². The summed E-state index contributed by atoms with van der Waals surface area (Å²) in [5, 5.41) is 4.62. The normalized spacial score (nSPS) is 22.7. The van der Waals surface area contributed by atoms with Gasteiger partial charge in [0, 0.05) is 37.2 Å². The Morgan fingerprint density at radius 1 is 1.45 bits per heavy atom. The number of thiazole rings is 1. The second kappa shape index (κ2) is 7.38. The van der Waals surface area contributed by atoms with Crippen molar-refractivity contribution in [2.24, 2.45) is 0 Å².